The van der Waals surface area contributed by atoms with Crippen LogP contribution in [0.25, 0.3) is 22.3 Å². The molecule has 2 aromatic heterocycles. The van der Waals surface area contributed by atoms with Crippen molar-refractivity contribution in [2.24, 2.45) is 5.41 Å². The van der Waals surface area contributed by atoms with Gasteiger partial charge in [0.2, 0.25) is 5.91 Å². The van der Waals surface area contributed by atoms with Gasteiger partial charge in [-0.25, -0.2) is 14.2 Å². The Morgan fingerprint density at radius 3 is 2.80 bits per heavy atom. The predicted octanol–water partition coefficient (Wildman–Crippen LogP) is 3.98. The van der Waals surface area contributed by atoms with Gasteiger partial charge in [-0.15, -0.1) is 0 Å². The summed E-state index contributed by atoms with van der Waals surface area (Å²) in [6.45, 7) is 10.00. The molecule has 5 heterocycles. The quantitative estimate of drug-likeness (QED) is 0.444. The van der Waals surface area contributed by atoms with Crippen LogP contribution < -0.4 is 15.3 Å². The molecule has 3 aliphatic heterocycles. The number of hydrogen-bond acceptors (Lipinski definition) is 7. The summed E-state index contributed by atoms with van der Waals surface area (Å²) in [5.41, 5.74) is -0.619. The maximum atomic E-state index is 15.1. The van der Waals surface area contributed by atoms with Crippen LogP contribution in [0.2, 0.25) is 5.02 Å². The number of carbonyl (C=O) groups excluding carboxylic acids is 1. The number of benzene rings is 1. The van der Waals surface area contributed by atoms with Gasteiger partial charge in [0, 0.05) is 49.7 Å². The van der Waals surface area contributed by atoms with E-state index in [1.165, 1.54) is 12.1 Å². The molecule has 9 nitrogen and oxygen atoms in total. The predicted molar refractivity (Wildman–Crippen MR) is 148 cm³/mol. The fourth-order valence-corrected chi connectivity index (χ4v) is 6.97. The standard InChI is InChI=1S/C29H29ClFN5O4/c1-4-20(37)34-10-11-35-25-21-24(40-19-13-29(19,35)14-34)22(30)23(16-7-5-6-8-17(16)31)32-26(21)36(27(38)33-25)18-9-12-39-15-28(18,2)3/h4-8,18-19H,1,9-15H2,2-3H3/t18-,19?,29?/m1/s1. The zero-order valence-electron chi connectivity index (χ0n) is 22.3. The lowest BCUT2D eigenvalue weighted by Gasteiger charge is -2.42. The highest BCUT2D eigenvalue weighted by Gasteiger charge is 2.65. The van der Waals surface area contributed by atoms with Crippen LogP contribution in [0.5, 0.6) is 5.75 Å². The Kier molecular flexibility index (Phi) is 5.57. The Hall–Kier alpha value is -3.50. The largest absolute Gasteiger partial charge is 0.485 e. The normalized spacial score (nSPS) is 26.4. The molecule has 1 spiro atoms. The second kappa shape index (κ2) is 8.75. The summed E-state index contributed by atoms with van der Waals surface area (Å²) in [6, 6.07) is 6.02. The summed E-state index contributed by atoms with van der Waals surface area (Å²) in [6.07, 6.45) is 2.22. The number of fused-ring (bicyclic) bond motifs is 1. The molecule has 0 N–H and O–H groups in total. The van der Waals surface area contributed by atoms with Crippen LogP contribution in [0.1, 0.15) is 32.7 Å². The van der Waals surface area contributed by atoms with Crippen molar-refractivity contribution in [2.75, 3.05) is 37.7 Å². The molecule has 4 aliphatic rings. The number of aromatic nitrogens is 3. The van der Waals surface area contributed by atoms with E-state index in [2.05, 4.69) is 16.5 Å². The number of halogens is 2. The van der Waals surface area contributed by atoms with Crippen LogP contribution >= 0.6 is 11.6 Å². The Morgan fingerprint density at radius 1 is 1.25 bits per heavy atom. The van der Waals surface area contributed by atoms with E-state index in [1.807, 2.05) is 13.8 Å². The van der Waals surface area contributed by atoms with Gasteiger partial charge in [-0.1, -0.05) is 44.2 Å². The molecule has 1 aliphatic carbocycles. The zero-order valence-corrected chi connectivity index (χ0v) is 23.1. The van der Waals surface area contributed by atoms with Crippen LogP contribution in [0.4, 0.5) is 10.2 Å². The molecule has 1 saturated carbocycles. The van der Waals surface area contributed by atoms with Crippen LogP contribution in [-0.4, -0.2) is 69.8 Å². The number of pyridine rings is 1. The molecule has 2 unspecified atom stereocenters. The summed E-state index contributed by atoms with van der Waals surface area (Å²) >= 11 is 7.00. The lowest BCUT2D eigenvalue weighted by molar-refractivity contribution is -0.127. The topological polar surface area (TPSA) is 89.8 Å². The van der Waals surface area contributed by atoms with E-state index in [1.54, 1.807) is 27.7 Å². The highest BCUT2D eigenvalue weighted by Crippen LogP contribution is 2.56. The molecule has 11 heteroatoms. The Balaban J connectivity index is 1.51. The summed E-state index contributed by atoms with van der Waals surface area (Å²) in [5, 5.41) is 0.695. The lowest BCUT2D eigenvalue weighted by atomic mass is 9.81. The van der Waals surface area contributed by atoms with Crippen molar-refractivity contribution >= 4 is 34.4 Å². The first-order chi connectivity index (χ1) is 19.2. The minimum atomic E-state index is -0.562. The van der Waals surface area contributed by atoms with E-state index in [9.17, 15) is 9.59 Å². The second-order valence-electron chi connectivity index (χ2n) is 11.7. The minimum absolute atomic E-state index is 0.154. The SMILES string of the molecule is C=CC(=O)N1CCN2c3nc(=O)n([C@@H]4CCOCC4(C)C)c4nc(-c5ccccc5F)c(Cl)c(c34)OC3CC32C1. The van der Waals surface area contributed by atoms with Gasteiger partial charge in [-0.3, -0.25) is 9.36 Å². The molecule has 3 atom stereocenters. The van der Waals surface area contributed by atoms with Gasteiger partial charge in [-0.2, -0.15) is 4.98 Å². The number of amides is 1. The average molecular weight is 566 g/mol. The smallest absolute Gasteiger partial charge is 0.351 e. The fraction of sp³-hybridized carbons (Fsp3) is 0.448. The number of piperazine rings is 1. The maximum absolute atomic E-state index is 15.1. The van der Waals surface area contributed by atoms with Gasteiger partial charge in [-0.05, 0) is 24.6 Å². The monoisotopic (exact) mass is 565 g/mol. The third-order valence-corrected chi connectivity index (χ3v) is 9.21. The van der Waals surface area contributed by atoms with Gasteiger partial charge in [0.25, 0.3) is 0 Å². The number of hydrogen-bond donors (Lipinski definition) is 0. The Labute approximate surface area is 235 Å². The third kappa shape index (κ3) is 3.55. The number of nitrogens with zero attached hydrogens (tertiary/aromatic N) is 5. The summed E-state index contributed by atoms with van der Waals surface area (Å²) in [7, 11) is 0. The summed E-state index contributed by atoms with van der Waals surface area (Å²) in [5.74, 6) is 0.143. The number of carbonyl (C=O) groups is 1. The molecule has 208 valence electrons. The van der Waals surface area contributed by atoms with Crippen molar-refractivity contribution in [3.8, 4) is 17.0 Å². The van der Waals surface area contributed by atoms with Gasteiger partial charge in [0.1, 0.15) is 28.1 Å². The van der Waals surface area contributed by atoms with Gasteiger partial charge in [0.05, 0.1) is 17.8 Å². The third-order valence-electron chi connectivity index (χ3n) is 8.86. The first-order valence-electron chi connectivity index (χ1n) is 13.5. The van der Waals surface area contributed by atoms with Crippen molar-refractivity contribution in [1.29, 1.82) is 0 Å². The fourth-order valence-electron chi connectivity index (χ4n) is 6.69. The molecular weight excluding hydrogens is 537 g/mol. The molecular formula is C29H29ClFN5O4. The molecule has 0 radical (unpaired) electrons. The number of rotatable bonds is 3. The van der Waals surface area contributed by atoms with Gasteiger partial charge >= 0.3 is 5.69 Å². The first-order valence-corrected chi connectivity index (χ1v) is 13.9. The second-order valence-corrected chi connectivity index (χ2v) is 12.1. The molecule has 1 amide bonds. The van der Waals surface area contributed by atoms with E-state index in [4.69, 9.17) is 26.1 Å². The van der Waals surface area contributed by atoms with E-state index in [0.717, 1.165) is 0 Å². The molecule has 7 rings (SSSR count). The van der Waals surface area contributed by atoms with Crippen molar-refractivity contribution in [3.05, 3.63) is 58.2 Å². The van der Waals surface area contributed by atoms with Crippen molar-refractivity contribution < 1.29 is 18.7 Å². The average Bonchev–Trinajstić information content (AvgIpc) is 3.62. The molecule has 40 heavy (non-hydrogen) atoms. The first kappa shape index (κ1) is 25.5. The molecule has 3 aromatic rings. The maximum Gasteiger partial charge on any atom is 0.351 e. The van der Waals surface area contributed by atoms with E-state index < -0.39 is 17.0 Å². The molecule has 3 fully saturated rings. The zero-order chi connectivity index (χ0) is 28.0. The minimum Gasteiger partial charge on any atom is -0.485 e. The number of ether oxygens (including phenoxy) is 2. The molecule has 2 saturated heterocycles. The van der Waals surface area contributed by atoms with Crippen molar-refractivity contribution in [2.45, 2.75) is 44.4 Å². The number of anilines is 1. The van der Waals surface area contributed by atoms with Crippen molar-refractivity contribution in [3.63, 3.8) is 0 Å². The van der Waals surface area contributed by atoms with Crippen LogP contribution in [0.3, 0.4) is 0 Å². The van der Waals surface area contributed by atoms with Crippen LogP contribution in [-0.2, 0) is 9.53 Å². The summed E-state index contributed by atoms with van der Waals surface area (Å²) < 4.78 is 29.1. The Bertz CT molecular complexity index is 1660. The highest BCUT2D eigenvalue weighted by molar-refractivity contribution is 6.36. The van der Waals surface area contributed by atoms with Crippen LogP contribution in [0.15, 0.2) is 41.7 Å². The van der Waals surface area contributed by atoms with Crippen molar-refractivity contribution in [1.82, 2.24) is 19.4 Å². The Morgan fingerprint density at radius 2 is 2.05 bits per heavy atom. The molecule has 0 bridgehead atoms. The summed E-state index contributed by atoms with van der Waals surface area (Å²) in [4.78, 5) is 39.9. The highest BCUT2D eigenvalue weighted by atomic mass is 35.5. The van der Waals surface area contributed by atoms with Gasteiger partial charge < -0.3 is 19.3 Å². The molecule has 1 aromatic carbocycles. The van der Waals surface area contributed by atoms with Gasteiger partial charge in [0.15, 0.2) is 11.4 Å². The van der Waals surface area contributed by atoms with E-state index in [-0.39, 0.29) is 39.7 Å². The van der Waals surface area contributed by atoms with E-state index in [0.29, 0.717) is 68.3 Å². The lowest BCUT2D eigenvalue weighted by Crippen LogP contribution is -2.58. The van der Waals surface area contributed by atoms with E-state index >= 15 is 4.39 Å². The van der Waals surface area contributed by atoms with Crippen LogP contribution in [0, 0.1) is 11.2 Å².